The molecule has 0 aliphatic rings. The van der Waals surface area contributed by atoms with E-state index >= 15 is 0 Å². The molecule has 0 spiro atoms. The summed E-state index contributed by atoms with van der Waals surface area (Å²) in [5.41, 5.74) is 2.37. The normalized spacial score (nSPS) is 12.6. The highest BCUT2D eigenvalue weighted by atomic mass is 79.9. The van der Waals surface area contributed by atoms with Crippen LogP contribution in [0.15, 0.2) is 58.7 Å². The number of nitriles is 1. The fourth-order valence-electron chi connectivity index (χ4n) is 0.810. The van der Waals surface area contributed by atoms with Crippen molar-refractivity contribution in [3.05, 3.63) is 58.7 Å². The third-order valence-corrected chi connectivity index (χ3v) is 2.81. The molecule has 0 aromatic heterocycles. The number of hydrogen-bond acceptors (Lipinski definition) is 1. The molecule has 0 aliphatic carbocycles. The Bertz CT molecular complexity index is 403. The first kappa shape index (κ1) is 14.7. The summed E-state index contributed by atoms with van der Waals surface area (Å²) in [5.74, 6) is 0. The van der Waals surface area contributed by atoms with E-state index in [1.54, 1.807) is 12.2 Å². The molecule has 0 fully saturated rings. The molecule has 0 saturated carbocycles. The van der Waals surface area contributed by atoms with Crippen LogP contribution in [0.5, 0.6) is 0 Å². The Kier molecular flexibility index (Phi) is 7.24. The van der Waals surface area contributed by atoms with Crippen LogP contribution in [-0.2, 0) is 0 Å². The molecule has 0 aromatic carbocycles. The van der Waals surface area contributed by atoms with Gasteiger partial charge in [-0.3, -0.25) is 0 Å². The first-order chi connectivity index (χ1) is 7.51. The average Bonchev–Trinajstić information content (AvgIpc) is 2.31. The summed E-state index contributed by atoms with van der Waals surface area (Å²) in [6, 6.07) is 1.96. The van der Waals surface area contributed by atoms with Gasteiger partial charge in [0.15, 0.2) is 0 Å². The van der Waals surface area contributed by atoms with Crippen LogP contribution in [0, 0.1) is 11.3 Å². The van der Waals surface area contributed by atoms with E-state index in [4.69, 9.17) is 5.26 Å². The third kappa shape index (κ3) is 6.21. The van der Waals surface area contributed by atoms with E-state index in [1.807, 2.05) is 25.1 Å². The van der Waals surface area contributed by atoms with Crippen molar-refractivity contribution in [1.82, 2.24) is 0 Å². The Hall–Kier alpha value is -1.33. The largest absolute Gasteiger partial charge is 0.192 e. The van der Waals surface area contributed by atoms with Gasteiger partial charge in [-0.1, -0.05) is 54.2 Å². The Morgan fingerprint density at radius 2 is 1.94 bits per heavy atom. The number of rotatable bonds is 5. The minimum Gasteiger partial charge on any atom is -0.192 e. The van der Waals surface area contributed by atoms with Crippen LogP contribution >= 0.6 is 15.9 Å². The lowest BCUT2D eigenvalue weighted by atomic mass is 10.1. The van der Waals surface area contributed by atoms with Crippen LogP contribution in [0.4, 0.5) is 0 Å². The quantitative estimate of drug-likeness (QED) is 0.522. The molecular weight excluding hydrogens is 262 g/mol. The molecule has 1 nitrogen and oxygen atoms in total. The van der Waals surface area contributed by atoms with E-state index in [9.17, 15) is 0 Å². The van der Waals surface area contributed by atoms with Gasteiger partial charge < -0.3 is 0 Å². The standard InChI is InChI=1S/C14H16BrN/c1-5-14(15)9-8-13(4)12(3)7-6-11(2)10-16/h6-9H,2-3,5H2,1,4H3/b7-6-,13-8+,14-9+. The molecule has 16 heavy (non-hydrogen) atoms. The zero-order valence-corrected chi connectivity index (χ0v) is 11.3. The number of halogens is 1. The highest BCUT2D eigenvalue weighted by Crippen LogP contribution is 2.13. The molecule has 84 valence electrons. The minimum atomic E-state index is 0.430. The number of nitrogens with zero attached hydrogens (tertiary/aromatic N) is 1. The monoisotopic (exact) mass is 277 g/mol. The van der Waals surface area contributed by atoms with Crippen molar-refractivity contribution in [2.24, 2.45) is 0 Å². The third-order valence-electron chi connectivity index (χ3n) is 1.99. The summed E-state index contributed by atoms with van der Waals surface area (Å²) in [5, 5.41) is 8.53. The van der Waals surface area contributed by atoms with Gasteiger partial charge >= 0.3 is 0 Å². The van der Waals surface area contributed by atoms with Gasteiger partial charge in [-0.05, 0) is 35.0 Å². The Labute approximate surface area is 106 Å². The highest BCUT2D eigenvalue weighted by molar-refractivity contribution is 9.11. The Balaban J connectivity index is 4.59. The maximum Gasteiger partial charge on any atom is 0.0985 e. The smallest absolute Gasteiger partial charge is 0.0985 e. The van der Waals surface area contributed by atoms with Crippen molar-refractivity contribution in [3.63, 3.8) is 0 Å². The summed E-state index contributed by atoms with van der Waals surface area (Å²) in [7, 11) is 0. The number of allylic oxidation sites excluding steroid dienone is 8. The molecule has 0 amide bonds. The summed E-state index contributed by atoms with van der Waals surface area (Å²) in [4.78, 5) is 0. The minimum absolute atomic E-state index is 0.430. The summed E-state index contributed by atoms with van der Waals surface area (Å²) >= 11 is 3.44. The van der Waals surface area contributed by atoms with E-state index < -0.39 is 0 Å². The number of hydrogen-bond donors (Lipinski definition) is 0. The van der Waals surface area contributed by atoms with E-state index in [0.717, 1.165) is 22.0 Å². The van der Waals surface area contributed by atoms with Crippen molar-refractivity contribution in [2.75, 3.05) is 0 Å². The molecular formula is C14H16BrN. The van der Waals surface area contributed by atoms with Gasteiger partial charge in [0.05, 0.1) is 6.07 Å². The van der Waals surface area contributed by atoms with Crippen molar-refractivity contribution in [2.45, 2.75) is 20.3 Å². The molecule has 2 heteroatoms. The first-order valence-corrected chi connectivity index (χ1v) is 5.79. The topological polar surface area (TPSA) is 23.8 Å². The predicted molar refractivity (Wildman–Crippen MR) is 74.1 cm³/mol. The Morgan fingerprint density at radius 1 is 1.31 bits per heavy atom. The van der Waals surface area contributed by atoms with Crippen LogP contribution in [0.3, 0.4) is 0 Å². The summed E-state index contributed by atoms with van der Waals surface area (Å²) in [6.45, 7) is 11.5. The fourth-order valence-corrected chi connectivity index (χ4v) is 0.942. The van der Waals surface area contributed by atoms with Crippen molar-refractivity contribution >= 4 is 15.9 Å². The molecule has 0 heterocycles. The molecule has 0 N–H and O–H groups in total. The lowest BCUT2D eigenvalue weighted by molar-refractivity contribution is 1.20. The van der Waals surface area contributed by atoms with Crippen LogP contribution < -0.4 is 0 Å². The lowest BCUT2D eigenvalue weighted by Gasteiger charge is -1.98. The Morgan fingerprint density at radius 3 is 2.44 bits per heavy atom. The average molecular weight is 278 g/mol. The SMILES string of the molecule is C=C(C#N)/C=C\C(=C)/C(C)=C/C=C(/Br)CC. The first-order valence-electron chi connectivity index (χ1n) is 5.00. The van der Waals surface area contributed by atoms with Crippen LogP contribution in [0.25, 0.3) is 0 Å². The van der Waals surface area contributed by atoms with Crippen molar-refractivity contribution in [3.8, 4) is 6.07 Å². The maximum atomic E-state index is 8.53. The lowest BCUT2D eigenvalue weighted by Crippen LogP contribution is -1.79. The van der Waals surface area contributed by atoms with E-state index in [1.165, 1.54) is 0 Å². The van der Waals surface area contributed by atoms with Crippen molar-refractivity contribution in [1.29, 1.82) is 5.26 Å². The second-order valence-corrected chi connectivity index (χ2v) is 4.33. The van der Waals surface area contributed by atoms with Gasteiger partial charge in [0.1, 0.15) is 0 Å². The van der Waals surface area contributed by atoms with Gasteiger partial charge in [0.2, 0.25) is 0 Å². The van der Waals surface area contributed by atoms with Gasteiger partial charge in [-0.25, -0.2) is 0 Å². The van der Waals surface area contributed by atoms with E-state index in [2.05, 4.69) is 36.0 Å². The van der Waals surface area contributed by atoms with Crippen LogP contribution in [0.1, 0.15) is 20.3 Å². The van der Waals surface area contributed by atoms with Gasteiger partial charge in [0.25, 0.3) is 0 Å². The van der Waals surface area contributed by atoms with Gasteiger partial charge in [-0.2, -0.15) is 5.26 Å². The molecule has 0 atom stereocenters. The molecule has 0 bridgehead atoms. The van der Waals surface area contributed by atoms with E-state index in [-0.39, 0.29) is 0 Å². The second-order valence-electron chi connectivity index (χ2n) is 3.31. The maximum absolute atomic E-state index is 8.53. The second kappa shape index (κ2) is 7.90. The van der Waals surface area contributed by atoms with E-state index in [0.29, 0.717) is 5.57 Å². The molecule has 0 aromatic rings. The molecule has 0 radical (unpaired) electrons. The summed E-state index contributed by atoms with van der Waals surface area (Å²) in [6.07, 6.45) is 8.43. The van der Waals surface area contributed by atoms with Crippen LogP contribution in [-0.4, -0.2) is 0 Å². The molecule has 0 unspecified atom stereocenters. The molecule has 0 saturated heterocycles. The van der Waals surface area contributed by atoms with Crippen molar-refractivity contribution < 1.29 is 0 Å². The zero-order chi connectivity index (χ0) is 12.6. The molecule has 0 rings (SSSR count). The molecule has 0 aliphatic heterocycles. The summed E-state index contributed by atoms with van der Waals surface area (Å²) < 4.78 is 1.14. The van der Waals surface area contributed by atoms with Gasteiger partial charge in [0, 0.05) is 5.57 Å². The zero-order valence-electron chi connectivity index (χ0n) is 9.76. The predicted octanol–water partition coefficient (Wildman–Crippen LogP) is 4.81. The van der Waals surface area contributed by atoms with Gasteiger partial charge in [-0.15, -0.1) is 0 Å². The van der Waals surface area contributed by atoms with Crippen LogP contribution in [0.2, 0.25) is 0 Å². The highest BCUT2D eigenvalue weighted by Gasteiger charge is 1.92. The fraction of sp³-hybridized carbons (Fsp3) is 0.214.